The third-order valence-corrected chi connectivity index (χ3v) is 3.93. The fourth-order valence-electron chi connectivity index (χ4n) is 2.46. The lowest BCUT2D eigenvalue weighted by Crippen LogP contribution is -2.46. The molecule has 0 bridgehead atoms. The van der Waals surface area contributed by atoms with Crippen LogP contribution in [0, 0.1) is 5.82 Å². The number of hydrogen-bond acceptors (Lipinski definition) is 3. The summed E-state index contributed by atoms with van der Waals surface area (Å²) in [5.74, 6) is -0.241. The fraction of sp³-hybridized carbons (Fsp3) is 0.562. The van der Waals surface area contributed by atoms with E-state index in [1.54, 1.807) is 18.2 Å². The lowest BCUT2D eigenvalue weighted by molar-refractivity contribution is -0.121. The minimum atomic E-state index is -0.234. The molecule has 5 heteroatoms. The van der Waals surface area contributed by atoms with Gasteiger partial charge in [-0.15, -0.1) is 0 Å². The number of likely N-dealkylation sites (N-methyl/N-ethyl adjacent to an activating group) is 1. The molecule has 0 unspecified atom stereocenters. The summed E-state index contributed by atoms with van der Waals surface area (Å²) >= 11 is 0. The van der Waals surface area contributed by atoms with Crippen molar-refractivity contribution in [3.05, 3.63) is 35.6 Å². The van der Waals surface area contributed by atoms with E-state index in [0.29, 0.717) is 24.9 Å². The standard InChI is InChI=1S/C16H24FN3O/c1-19-10-12-20(13-11-19)9-8-18-16(21)7-6-14-4-2-3-5-15(14)17/h2-5H,6-13H2,1H3,(H,18,21). The van der Waals surface area contributed by atoms with E-state index in [0.717, 1.165) is 32.7 Å². The quantitative estimate of drug-likeness (QED) is 0.854. The molecular weight excluding hydrogens is 269 g/mol. The van der Waals surface area contributed by atoms with Gasteiger partial charge in [-0.25, -0.2) is 4.39 Å². The molecule has 1 fully saturated rings. The highest BCUT2D eigenvalue weighted by atomic mass is 19.1. The summed E-state index contributed by atoms with van der Waals surface area (Å²) in [4.78, 5) is 16.4. The first-order valence-electron chi connectivity index (χ1n) is 7.56. The summed E-state index contributed by atoms with van der Waals surface area (Å²) < 4.78 is 13.4. The first-order chi connectivity index (χ1) is 10.1. The third-order valence-electron chi connectivity index (χ3n) is 3.93. The Kier molecular flexibility index (Phi) is 6.14. The Morgan fingerprint density at radius 2 is 1.95 bits per heavy atom. The Balaban J connectivity index is 1.61. The van der Waals surface area contributed by atoms with Crippen LogP contribution in [-0.4, -0.2) is 62.0 Å². The van der Waals surface area contributed by atoms with E-state index in [1.165, 1.54) is 6.07 Å². The lowest BCUT2D eigenvalue weighted by Gasteiger charge is -2.32. The molecule has 1 aliphatic heterocycles. The molecule has 1 heterocycles. The molecule has 0 radical (unpaired) electrons. The second kappa shape index (κ2) is 8.10. The van der Waals surface area contributed by atoms with E-state index in [2.05, 4.69) is 22.2 Å². The summed E-state index contributed by atoms with van der Waals surface area (Å²) in [5, 5.41) is 2.91. The maximum absolute atomic E-state index is 13.4. The van der Waals surface area contributed by atoms with Crippen molar-refractivity contribution in [1.82, 2.24) is 15.1 Å². The number of halogens is 1. The zero-order valence-electron chi connectivity index (χ0n) is 12.6. The number of benzene rings is 1. The van der Waals surface area contributed by atoms with Gasteiger partial charge in [0.2, 0.25) is 5.91 Å². The molecule has 0 saturated carbocycles. The number of piperazine rings is 1. The normalized spacial score (nSPS) is 16.9. The lowest BCUT2D eigenvalue weighted by atomic mass is 10.1. The molecule has 116 valence electrons. The molecule has 21 heavy (non-hydrogen) atoms. The zero-order chi connectivity index (χ0) is 15.1. The molecule has 0 aliphatic carbocycles. The number of carbonyl (C=O) groups is 1. The van der Waals surface area contributed by atoms with Crippen molar-refractivity contribution in [2.45, 2.75) is 12.8 Å². The maximum atomic E-state index is 13.4. The molecule has 4 nitrogen and oxygen atoms in total. The average molecular weight is 293 g/mol. The number of aryl methyl sites for hydroxylation is 1. The van der Waals surface area contributed by atoms with E-state index >= 15 is 0 Å². The zero-order valence-corrected chi connectivity index (χ0v) is 12.6. The van der Waals surface area contributed by atoms with Gasteiger partial charge >= 0.3 is 0 Å². The van der Waals surface area contributed by atoms with E-state index in [9.17, 15) is 9.18 Å². The summed E-state index contributed by atoms with van der Waals surface area (Å²) in [6, 6.07) is 6.62. The second-order valence-corrected chi connectivity index (χ2v) is 5.59. The van der Waals surface area contributed by atoms with Gasteiger partial charge in [0.25, 0.3) is 0 Å². The molecule has 0 spiro atoms. The smallest absolute Gasteiger partial charge is 0.220 e. The number of hydrogen-bond donors (Lipinski definition) is 1. The van der Waals surface area contributed by atoms with Crippen molar-refractivity contribution in [3.8, 4) is 0 Å². The van der Waals surface area contributed by atoms with E-state index < -0.39 is 0 Å². The van der Waals surface area contributed by atoms with Crippen LogP contribution < -0.4 is 5.32 Å². The summed E-state index contributed by atoms with van der Waals surface area (Å²) in [7, 11) is 2.13. The number of amides is 1. The van der Waals surface area contributed by atoms with E-state index in [4.69, 9.17) is 0 Å². The van der Waals surface area contributed by atoms with Crippen LogP contribution in [0.5, 0.6) is 0 Å². The van der Waals surface area contributed by atoms with Gasteiger partial charge in [-0.3, -0.25) is 9.69 Å². The SMILES string of the molecule is CN1CCN(CCNC(=O)CCc2ccccc2F)CC1. The van der Waals surface area contributed by atoms with Crippen LogP contribution in [0.15, 0.2) is 24.3 Å². The van der Waals surface area contributed by atoms with Crippen LogP contribution in [0.2, 0.25) is 0 Å². The number of carbonyl (C=O) groups excluding carboxylic acids is 1. The van der Waals surface area contributed by atoms with E-state index in [-0.39, 0.29) is 11.7 Å². The fourth-order valence-corrected chi connectivity index (χ4v) is 2.46. The molecule has 1 aliphatic rings. The molecule has 0 aromatic heterocycles. The van der Waals surface area contributed by atoms with Crippen LogP contribution in [0.4, 0.5) is 4.39 Å². The molecule has 1 amide bonds. The number of nitrogens with zero attached hydrogens (tertiary/aromatic N) is 2. The number of rotatable bonds is 6. The Labute approximate surface area is 125 Å². The highest BCUT2D eigenvalue weighted by molar-refractivity contribution is 5.76. The van der Waals surface area contributed by atoms with Gasteiger partial charge in [-0.05, 0) is 25.1 Å². The Bertz CT molecular complexity index is 459. The van der Waals surface area contributed by atoms with Crippen molar-refractivity contribution in [1.29, 1.82) is 0 Å². The van der Waals surface area contributed by atoms with Crippen molar-refractivity contribution >= 4 is 5.91 Å². The van der Waals surface area contributed by atoms with Crippen LogP contribution in [0.25, 0.3) is 0 Å². The molecule has 1 aromatic carbocycles. The van der Waals surface area contributed by atoms with Crippen LogP contribution in [-0.2, 0) is 11.2 Å². The van der Waals surface area contributed by atoms with Gasteiger partial charge in [0, 0.05) is 45.7 Å². The maximum Gasteiger partial charge on any atom is 0.220 e. The van der Waals surface area contributed by atoms with Crippen molar-refractivity contribution < 1.29 is 9.18 Å². The summed E-state index contributed by atoms with van der Waals surface area (Å²) in [6.45, 7) is 5.84. The summed E-state index contributed by atoms with van der Waals surface area (Å²) in [6.07, 6.45) is 0.788. The monoisotopic (exact) mass is 293 g/mol. The van der Waals surface area contributed by atoms with Crippen LogP contribution >= 0.6 is 0 Å². The Morgan fingerprint density at radius 1 is 1.24 bits per heavy atom. The van der Waals surface area contributed by atoms with E-state index in [1.807, 2.05) is 0 Å². The first-order valence-corrected chi connectivity index (χ1v) is 7.56. The second-order valence-electron chi connectivity index (χ2n) is 5.59. The minimum absolute atomic E-state index is 0.00706. The Morgan fingerprint density at radius 3 is 2.67 bits per heavy atom. The van der Waals surface area contributed by atoms with Gasteiger partial charge in [0.15, 0.2) is 0 Å². The topological polar surface area (TPSA) is 35.6 Å². The van der Waals surface area contributed by atoms with Gasteiger partial charge in [0.1, 0.15) is 5.82 Å². The van der Waals surface area contributed by atoms with Gasteiger partial charge in [-0.1, -0.05) is 18.2 Å². The van der Waals surface area contributed by atoms with Crippen LogP contribution in [0.3, 0.4) is 0 Å². The number of nitrogens with one attached hydrogen (secondary N) is 1. The van der Waals surface area contributed by atoms with Crippen molar-refractivity contribution in [3.63, 3.8) is 0 Å². The molecule has 2 rings (SSSR count). The first kappa shape index (κ1) is 15.9. The molecular formula is C16H24FN3O. The van der Waals surface area contributed by atoms with Gasteiger partial charge in [-0.2, -0.15) is 0 Å². The minimum Gasteiger partial charge on any atom is -0.355 e. The molecule has 0 atom stereocenters. The molecule has 1 N–H and O–H groups in total. The highest BCUT2D eigenvalue weighted by Crippen LogP contribution is 2.08. The van der Waals surface area contributed by atoms with Crippen molar-refractivity contribution in [2.75, 3.05) is 46.3 Å². The van der Waals surface area contributed by atoms with Crippen LogP contribution in [0.1, 0.15) is 12.0 Å². The largest absolute Gasteiger partial charge is 0.355 e. The van der Waals surface area contributed by atoms with Gasteiger partial charge in [0.05, 0.1) is 0 Å². The summed E-state index contributed by atoms with van der Waals surface area (Å²) in [5.41, 5.74) is 0.603. The predicted molar refractivity (Wildman–Crippen MR) is 81.7 cm³/mol. The third kappa shape index (κ3) is 5.44. The predicted octanol–water partition coefficient (Wildman–Crippen LogP) is 1.12. The van der Waals surface area contributed by atoms with Gasteiger partial charge < -0.3 is 10.2 Å². The average Bonchev–Trinajstić information content (AvgIpc) is 2.48. The van der Waals surface area contributed by atoms with Crippen molar-refractivity contribution in [2.24, 2.45) is 0 Å². The molecule has 1 saturated heterocycles. The Hall–Kier alpha value is -1.46. The highest BCUT2D eigenvalue weighted by Gasteiger charge is 2.13. The molecule has 1 aromatic rings.